The molecule has 25 heavy (non-hydrogen) atoms. The molecule has 0 atom stereocenters. The average Bonchev–Trinajstić information content (AvgIpc) is 2.63. The number of hydrogen-bond donors (Lipinski definition) is 1. The number of aromatic nitrogens is 1. The van der Waals surface area contributed by atoms with E-state index in [9.17, 15) is 0 Å². The molecular weight excluding hydrogens is 336 g/mol. The second-order valence-corrected chi connectivity index (χ2v) is 6.86. The van der Waals surface area contributed by atoms with Crippen LogP contribution in [0.4, 0.5) is 0 Å². The molecule has 2 aromatic rings. The summed E-state index contributed by atoms with van der Waals surface area (Å²) >= 11 is 6.32. The summed E-state index contributed by atoms with van der Waals surface area (Å²) in [5.74, 6) is 1.66. The summed E-state index contributed by atoms with van der Waals surface area (Å²) in [7, 11) is 0. The lowest BCUT2D eigenvalue weighted by molar-refractivity contribution is 0.162. The van der Waals surface area contributed by atoms with Crippen LogP contribution in [0.5, 0.6) is 11.5 Å². The van der Waals surface area contributed by atoms with Crippen molar-refractivity contribution in [2.45, 2.75) is 39.2 Å². The van der Waals surface area contributed by atoms with Crippen molar-refractivity contribution in [1.82, 2.24) is 10.3 Å². The van der Waals surface area contributed by atoms with Crippen LogP contribution in [0.25, 0.3) is 11.1 Å². The average molecular weight is 361 g/mol. The molecule has 1 fully saturated rings. The summed E-state index contributed by atoms with van der Waals surface area (Å²) in [5.41, 5.74) is 2.97. The van der Waals surface area contributed by atoms with Crippen molar-refractivity contribution in [3.63, 3.8) is 0 Å². The number of ether oxygens (including phenoxy) is 2. The van der Waals surface area contributed by atoms with E-state index in [1.807, 2.05) is 31.3 Å². The SMILES string of the molecule is CCCOc1cncc(-c2cc(Cl)cc(C)c2OC2CCNCC2)c1. The zero-order chi connectivity index (χ0) is 17.6. The van der Waals surface area contributed by atoms with E-state index in [-0.39, 0.29) is 6.10 Å². The Labute approximate surface area is 154 Å². The lowest BCUT2D eigenvalue weighted by atomic mass is 10.0. The van der Waals surface area contributed by atoms with Crippen LogP contribution in [0, 0.1) is 6.92 Å². The number of nitrogens with one attached hydrogen (secondary N) is 1. The maximum Gasteiger partial charge on any atom is 0.138 e. The van der Waals surface area contributed by atoms with Gasteiger partial charge in [-0.05, 0) is 63.0 Å². The Morgan fingerprint density at radius 3 is 2.76 bits per heavy atom. The van der Waals surface area contributed by atoms with Gasteiger partial charge in [0.25, 0.3) is 0 Å². The van der Waals surface area contributed by atoms with Crippen LogP contribution >= 0.6 is 11.6 Å². The Balaban J connectivity index is 1.94. The van der Waals surface area contributed by atoms with Crippen LogP contribution in [0.3, 0.4) is 0 Å². The van der Waals surface area contributed by atoms with Gasteiger partial charge in [0.05, 0.1) is 12.8 Å². The Morgan fingerprint density at radius 1 is 1.20 bits per heavy atom. The molecule has 4 nitrogen and oxygen atoms in total. The lowest BCUT2D eigenvalue weighted by Crippen LogP contribution is -2.34. The van der Waals surface area contributed by atoms with Crippen molar-refractivity contribution in [3.05, 3.63) is 41.2 Å². The van der Waals surface area contributed by atoms with Crippen LogP contribution in [0.1, 0.15) is 31.7 Å². The van der Waals surface area contributed by atoms with E-state index >= 15 is 0 Å². The highest BCUT2D eigenvalue weighted by atomic mass is 35.5. The number of hydrogen-bond acceptors (Lipinski definition) is 4. The van der Waals surface area contributed by atoms with Crippen LogP contribution in [0.15, 0.2) is 30.6 Å². The van der Waals surface area contributed by atoms with Gasteiger partial charge in [0.15, 0.2) is 0 Å². The maximum atomic E-state index is 6.38. The first-order valence-electron chi connectivity index (χ1n) is 8.93. The fourth-order valence-electron chi connectivity index (χ4n) is 3.05. The number of rotatable bonds is 6. The largest absolute Gasteiger partial charge is 0.492 e. The minimum atomic E-state index is 0.229. The molecule has 134 valence electrons. The van der Waals surface area contributed by atoms with Crippen molar-refractivity contribution in [2.75, 3.05) is 19.7 Å². The topological polar surface area (TPSA) is 43.4 Å². The van der Waals surface area contributed by atoms with E-state index in [0.29, 0.717) is 11.6 Å². The highest BCUT2D eigenvalue weighted by Gasteiger charge is 2.19. The molecule has 0 spiro atoms. The Morgan fingerprint density at radius 2 is 2.00 bits per heavy atom. The second kappa shape index (κ2) is 8.54. The van der Waals surface area contributed by atoms with E-state index in [1.165, 1.54) is 0 Å². The quantitative estimate of drug-likeness (QED) is 0.815. The molecular formula is C20H25ClN2O2. The van der Waals surface area contributed by atoms with E-state index in [4.69, 9.17) is 21.1 Å². The third-order valence-electron chi connectivity index (χ3n) is 4.31. The third-order valence-corrected chi connectivity index (χ3v) is 4.53. The molecule has 1 saturated heterocycles. The fraction of sp³-hybridized carbons (Fsp3) is 0.450. The van der Waals surface area contributed by atoms with Gasteiger partial charge >= 0.3 is 0 Å². The predicted octanol–water partition coefficient (Wildman–Crippen LogP) is 4.63. The maximum absolute atomic E-state index is 6.38. The van der Waals surface area contributed by atoms with Crippen LogP contribution < -0.4 is 14.8 Å². The molecule has 0 radical (unpaired) electrons. The number of pyridine rings is 1. The Bertz CT molecular complexity index is 715. The molecule has 5 heteroatoms. The van der Waals surface area contributed by atoms with E-state index in [2.05, 4.69) is 17.2 Å². The normalized spacial score (nSPS) is 15.2. The van der Waals surface area contributed by atoms with E-state index in [0.717, 1.165) is 60.5 Å². The highest BCUT2D eigenvalue weighted by molar-refractivity contribution is 6.31. The van der Waals surface area contributed by atoms with Gasteiger partial charge in [-0.1, -0.05) is 18.5 Å². The first kappa shape index (κ1) is 18.0. The first-order chi connectivity index (χ1) is 12.2. The molecule has 0 aliphatic carbocycles. The van der Waals surface area contributed by atoms with Gasteiger partial charge in [-0.15, -0.1) is 0 Å². The zero-order valence-electron chi connectivity index (χ0n) is 14.8. The van der Waals surface area contributed by atoms with Crippen molar-refractivity contribution < 1.29 is 9.47 Å². The molecule has 0 saturated carbocycles. The predicted molar refractivity (Wildman–Crippen MR) is 102 cm³/mol. The summed E-state index contributed by atoms with van der Waals surface area (Å²) in [6.07, 6.45) is 6.79. The Kier molecular flexibility index (Phi) is 6.16. The summed E-state index contributed by atoms with van der Waals surface area (Å²) in [6, 6.07) is 5.90. The summed E-state index contributed by atoms with van der Waals surface area (Å²) < 4.78 is 12.1. The smallest absolute Gasteiger partial charge is 0.138 e. The van der Waals surface area contributed by atoms with Gasteiger partial charge in [0, 0.05) is 22.3 Å². The van der Waals surface area contributed by atoms with Crippen LogP contribution in [-0.4, -0.2) is 30.8 Å². The number of aryl methyl sites for hydroxylation is 1. The minimum absolute atomic E-state index is 0.229. The summed E-state index contributed by atoms with van der Waals surface area (Å²) in [5, 5.41) is 4.07. The standard InChI is InChI=1S/C20H25ClN2O2/c1-3-8-24-18-10-15(12-23-13-18)19-11-16(21)9-14(2)20(19)25-17-4-6-22-7-5-17/h9-13,17,22H,3-8H2,1-2H3. The second-order valence-electron chi connectivity index (χ2n) is 6.42. The molecule has 0 amide bonds. The van der Waals surface area contributed by atoms with Crippen molar-refractivity contribution in [3.8, 4) is 22.6 Å². The van der Waals surface area contributed by atoms with Crippen molar-refractivity contribution >= 4 is 11.6 Å². The molecule has 1 N–H and O–H groups in total. The van der Waals surface area contributed by atoms with Gasteiger partial charge in [-0.25, -0.2) is 0 Å². The number of halogens is 1. The fourth-order valence-corrected chi connectivity index (χ4v) is 3.32. The summed E-state index contributed by atoms with van der Waals surface area (Å²) in [6.45, 7) is 6.79. The molecule has 0 bridgehead atoms. The first-order valence-corrected chi connectivity index (χ1v) is 9.31. The highest BCUT2D eigenvalue weighted by Crippen LogP contribution is 2.38. The van der Waals surface area contributed by atoms with Crippen LogP contribution in [0.2, 0.25) is 5.02 Å². The molecule has 1 aromatic heterocycles. The number of piperidine rings is 1. The summed E-state index contributed by atoms with van der Waals surface area (Å²) in [4.78, 5) is 4.33. The number of nitrogens with zero attached hydrogens (tertiary/aromatic N) is 1. The van der Waals surface area contributed by atoms with E-state index < -0.39 is 0 Å². The molecule has 2 heterocycles. The van der Waals surface area contributed by atoms with Gasteiger partial charge in [0.1, 0.15) is 17.6 Å². The van der Waals surface area contributed by atoms with Gasteiger partial charge in [-0.2, -0.15) is 0 Å². The van der Waals surface area contributed by atoms with Gasteiger partial charge < -0.3 is 14.8 Å². The minimum Gasteiger partial charge on any atom is -0.492 e. The molecule has 3 rings (SSSR count). The van der Waals surface area contributed by atoms with Gasteiger partial charge in [0.2, 0.25) is 0 Å². The van der Waals surface area contributed by atoms with Crippen molar-refractivity contribution in [2.24, 2.45) is 0 Å². The number of benzene rings is 1. The molecule has 1 aromatic carbocycles. The van der Waals surface area contributed by atoms with Gasteiger partial charge in [-0.3, -0.25) is 4.98 Å². The van der Waals surface area contributed by atoms with Crippen molar-refractivity contribution in [1.29, 1.82) is 0 Å². The van der Waals surface area contributed by atoms with E-state index in [1.54, 1.807) is 6.20 Å². The van der Waals surface area contributed by atoms with Crippen LogP contribution in [-0.2, 0) is 0 Å². The molecule has 1 aliphatic rings. The lowest BCUT2D eigenvalue weighted by Gasteiger charge is -2.26. The Hall–Kier alpha value is -1.78. The zero-order valence-corrected chi connectivity index (χ0v) is 15.6. The molecule has 1 aliphatic heterocycles. The third kappa shape index (κ3) is 4.65. The monoisotopic (exact) mass is 360 g/mol. The molecule has 0 unspecified atom stereocenters.